The summed E-state index contributed by atoms with van der Waals surface area (Å²) in [5, 5.41) is 6.40. The average molecular weight is 399 g/mol. The van der Waals surface area contributed by atoms with Gasteiger partial charge in [-0.1, -0.05) is 17.7 Å². The summed E-state index contributed by atoms with van der Waals surface area (Å²) in [5.41, 5.74) is 1.59. The molecule has 1 unspecified atom stereocenters. The summed E-state index contributed by atoms with van der Waals surface area (Å²) in [7, 11) is 0. The standard InChI is InChI=1S/C20H31F2N3O3/c1-3-23-20(24-8-4-9-26-13-16-7-10-27-14-16)25-12-17-11-15(2)5-6-18(17)28-19(21)22/h5-6,11,16,19H,3-4,7-10,12-14H2,1-2H3,(H2,23,24,25). The van der Waals surface area contributed by atoms with Gasteiger partial charge in [0.05, 0.1) is 19.8 Å². The average Bonchev–Trinajstić information content (AvgIpc) is 3.17. The van der Waals surface area contributed by atoms with Gasteiger partial charge in [0, 0.05) is 37.8 Å². The number of ether oxygens (including phenoxy) is 3. The second kappa shape index (κ2) is 12.5. The fourth-order valence-electron chi connectivity index (χ4n) is 2.89. The highest BCUT2D eigenvalue weighted by Gasteiger charge is 2.15. The van der Waals surface area contributed by atoms with Crippen LogP contribution < -0.4 is 15.4 Å². The molecule has 0 aromatic heterocycles. The van der Waals surface area contributed by atoms with Crippen molar-refractivity contribution in [1.29, 1.82) is 0 Å². The molecular formula is C20H31F2N3O3. The Bertz CT molecular complexity index is 608. The summed E-state index contributed by atoms with van der Waals surface area (Å²) < 4.78 is 40.8. The van der Waals surface area contributed by atoms with E-state index in [1.165, 1.54) is 0 Å². The van der Waals surface area contributed by atoms with Gasteiger partial charge in [0.2, 0.25) is 0 Å². The number of hydrogen-bond acceptors (Lipinski definition) is 4. The lowest BCUT2D eigenvalue weighted by atomic mass is 10.1. The van der Waals surface area contributed by atoms with Crippen LogP contribution in [0.15, 0.2) is 23.2 Å². The number of nitrogens with one attached hydrogen (secondary N) is 2. The van der Waals surface area contributed by atoms with Gasteiger partial charge in [-0.15, -0.1) is 0 Å². The van der Waals surface area contributed by atoms with Gasteiger partial charge in [-0.2, -0.15) is 8.78 Å². The molecule has 2 N–H and O–H groups in total. The normalized spacial score (nSPS) is 17.2. The van der Waals surface area contributed by atoms with Gasteiger partial charge in [0.1, 0.15) is 5.75 Å². The van der Waals surface area contributed by atoms with Crippen LogP contribution in [0.5, 0.6) is 5.75 Å². The summed E-state index contributed by atoms with van der Waals surface area (Å²) in [6.45, 7) is 5.74. The highest BCUT2D eigenvalue weighted by molar-refractivity contribution is 5.79. The Balaban J connectivity index is 1.78. The molecule has 1 saturated heterocycles. The van der Waals surface area contributed by atoms with Crippen molar-refractivity contribution in [3.05, 3.63) is 29.3 Å². The van der Waals surface area contributed by atoms with E-state index in [1.54, 1.807) is 12.1 Å². The Morgan fingerprint density at radius 1 is 1.36 bits per heavy atom. The van der Waals surface area contributed by atoms with Crippen LogP contribution in [0.1, 0.15) is 30.9 Å². The maximum absolute atomic E-state index is 12.6. The van der Waals surface area contributed by atoms with Crippen LogP contribution in [0.3, 0.4) is 0 Å². The lowest BCUT2D eigenvalue weighted by Crippen LogP contribution is -2.38. The van der Waals surface area contributed by atoms with Crippen LogP contribution >= 0.6 is 0 Å². The quantitative estimate of drug-likeness (QED) is 0.340. The van der Waals surface area contributed by atoms with E-state index < -0.39 is 6.61 Å². The zero-order chi connectivity index (χ0) is 20.2. The molecule has 0 spiro atoms. The molecule has 0 saturated carbocycles. The molecule has 1 aliphatic rings. The molecular weight excluding hydrogens is 368 g/mol. The lowest BCUT2D eigenvalue weighted by Gasteiger charge is -2.14. The predicted molar refractivity (Wildman–Crippen MR) is 105 cm³/mol. The zero-order valence-corrected chi connectivity index (χ0v) is 16.7. The number of guanidine groups is 1. The van der Waals surface area contributed by atoms with E-state index in [0.29, 0.717) is 37.1 Å². The Hall–Kier alpha value is -1.93. The number of rotatable bonds is 11. The maximum atomic E-state index is 12.6. The molecule has 28 heavy (non-hydrogen) atoms. The highest BCUT2D eigenvalue weighted by Crippen LogP contribution is 2.22. The van der Waals surface area contributed by atoms with Crippen molar-refractivity contribution < 1.29 is 23.0 Å². The Morgan fingerprint density at radius 3 is 2.93 bits per heavy atom. The third-order valence-corrected chi connectivity index (χ3v) is 4.32. The fraction of sp³-hybridized carbons (Fsp3) is 0.650. The number of hydrogen-bond donors (Lipinski definition) is 2. The third-order valence-electron chi connectivity index (χ3n) is 4.32. The topological polar surface area (TPSA) is 64.1 Å². The molecule has 0 amide bonds. The Labute approximate surface area is 165 Å². The first-order valence-corrected chi connectivity index (χ1v) is 9.80. The fourth-order valence-corrected chi connectivity index (χ4v) is 2.89. The largest absolute Gasteiger partial charge is 0.434 e. The minimum atomic E-state index is -2.85. The summed E-state index contributed by atoms with van der Waals surface area (Å²) >= 11 is 0. The Morgan fingerprint density at radius 2 is 2.21 bits per heavy atom. The van der Waals surface area contributed by atoms with Crippen LogP contribution in [-0.4, -0.2) is 52.1 Å². The van der Waals surface area contributed by atoms with Gasteiger partial charge >= 0.3 is 6.61 Å². The van der Waals surface area contributed by atoms with Crippen LogP contribution in [0.2, 0.25) is 0 Å². The second-order valence-corrected chi connectivity index (χ2v) is 6.77. The first-order valence-electron chi connectivity index (χ1n) is 9.80. The summed E-state index contributed by atoms with van der Waals surface area (Å²) in [4.78, 5) is 4.49. The smallest absolute Gasteiger partial charge is 0.387 e. The van der Waals surface area contributed by atoms with E-state index in [1.807, 2.05) is 19.9 Å². The van der Waals surface area contributed by atoms with Crippen LogP contribution in [0.4, 0.5) is 8.78 Å². The molecule has 1 heterocycles. The number of alkyl halides is 2. The minimum Gasteiger partial charge on any atom is -0.434 e. The van der Waals surface area contributed by atoms with Gasteiger partial charge in [0.25, 0.3) is 0 Å². The molecule has 6 nitrogen and oxygen atoms in total. The summed E-state index contributed by atoms with van der Waals surface area (Å²) in [6, 6.07) is 5.11. The van der Waals surface area contributed by atoms with Crippen LogP contribution in [0.25, 0.3) is 0 Å². The van der Waals surface area contributed by atoms with E-state index in [0.717, 1.165) is 38.2 Å². The van der Waals surface area contributed by atoms with Gasteiger partial charge < -0.3 is 24.8 Å². The van der Waals surface area contributed by atoms with Gasteiger partial charge in [-0.25, -0.2) is 4.99 Å². The Kier molecular flexibility index (Phi) is 9.99. The lowest BCUT2D eigenvalue weighted by molar-refractivity contribution is -0.0504. The second-order valence-electron chi connectivity index (χ2n) is 6.77. The highest BCUT2D eigenvalue weighted by atomic mass is 19.3. The van der Waals surface area contributed by atoms with Crippen molar-refractivity contribution in [2.45, 2.75) is 39.8 Å². The summed E-state index contributed by atoms with van der Waals surface area (Å²) in [5.74, 6) is 1.31. The molecule has 1 aromatic rings. The van der Waals surface area contributed by atoms with Gasteiger partial charge in [-0.3, -0.25) is 0 Å². The molecule has 158 valence electrons. The van der Waals surface area contributed by atoms with E-state index in [-0.39, 0.29) is 12.3 Å². The molecule has 8 heteroatoms. The number of nitrogens with zero attached hydrogens (tertiary/aromatic N) is 1. The van der Waals surface area contributed by atoms with E-state index in [4.69, 9.17) is 9.47 Å². The number of aliphatic imine (C=N–C) groups is 1. The number of aryl methyl sites for hydroxylation is 1. The molecule has 2 rings (SSSR count). The molecule has 1 atom stereocenters. The van der Waals surface area contributed by atoms with E-state index >= 15 is 0 Å². The van der Waals surface area contributed by atoms with Gasteiger partial charge in [0.15, 0.2) is 5.96 Å². The molecule has 0 radical (unpaired) electrons. The monoisotopic (exact) mass is 399 g/mol. The first kappa shape index (κ1) is 22.4. The number of halogens is 2. The molecule has 1 aromatic carbocycles. The molecule has 1 fully saturated rings. The molecule has 0 aliphatic carbocycles. The predicted octanol–water partition coefficient (Wildman–Crippen LogP) is 3.09. The molecule has 1 aliphatic heterocycles. The minimum absolute atomic E-state index is 0.157. The SMILES string of the molecule is CCNC(=NCc1cc(C)ccc1OC(F)F)NCCCOCC1CCOC1. The van der Waals surface area contributed by atoms with Crippen molar-refractivity contribution in [2.75, 3.05) is 39.5 Å². The maximum Gasteiger partial charge on any atom is 0.387 e. The van der Waals surface area contributed by atoms with Crippen LogP contribution in [0, 0.1) is 12.8 Å². The van der Waals surface area contributed by atoms with E-state index in [2.05, 4.69) is 20.4 Å². The van der Waals surface area contributed by atoms with Crippen molar-refractivity contribution in [3.63, 3.8) is 0 Å². The van der Waals surface area contributed by atoms with Crippen molar-refractivity contribution >= 4 is 5.96 Å². The van der Waals surface area contributed by atoms with Crippen molar-refractivity contribution in [3.8, 4) is 5.75 Å². The van der Waals surface area contributed by atoms with Crippen molar-refractivity contribution in [1.82, 2.24) is 10.6 Å². The number of benzene rings is 1. The van der Waals surface area contributed by atoms with E-state index in [9.17, 15) is 8.78 Å². The van der Waals surface area contributed by atoms with Gasteiger partial charge in [-0.05, 0) is 32.8 Å². The first-order chi connectivity index (χ1) is 13.6. The zero-order valence-electron chi connectivity index (χ0n) is 16.7. The third kappa shape index (κ3) is 8.39. The van der Waals surface area contributed by atoms with Crippen molar-refractivity contribution in [2.24, 2.45) is 10.9 Å². The van der Waals surface area contributed by atoms with Crippen LogP contribution in [-0.2, 0) is 16.0 Å². The molecule has 0 bridgehead atoms. The summed E-state index contributed by atoms with van der Waals surface area (Å²) in [6.07, 6.45) is 1.92.